The van der Waals surface area contributed by atoms with Crippen LogP contribution in [0.15, 0.2) is 42.7 Å². The van der Waals surface area contributed by atoms with Crippen LogP contribution in [0.25, 0.3) is 22.2 Å². The molecule has 0 unspecified atom stereocenters. The first-order valence-corrected chi connectivity index (χ1v) is 6.04. The lowest BCUT2D eigenvalue weighted by Gasteiger charge is -2.06. The van der Waals surface area contributed by atoms with E-state index in [2.05, 4.69) is 4.98 Å². The maximum Gasteiger partial charge on any atom is 0.142 e. The van der Waals surface area contributed by atoms with Crippen LogP contribution in [0, 0.1) is 0 Å². The molecule has 2 N–H and O–H groups in total. The van der Waals surface area contributed by atoms with E-state index in [1.807, 2.05) is 48.1 Å². The number of pyridine rings is 1. The van der Waals surface area contributed by atoms with Crippen LogP contribution >= 0.6 is 0 Å². The van der Waals surface area contributed by atoms with Gasteiger partial charge in [-0.3, -0.25) is 0 Å². The second-order valence-corrected chi connectivity index (χ2v) is 4.48. The molecular formula is C15H15N3O. The minimum absolute atomic E-state index is 0.747. The van der Waals surface area contributed by atoms with Crippen LogP contribution in [0.3, 0.4) is 0 Å². The number of nitrogen functional groups attached to an aromatic ring is 1. The Morgan fingerprint density at radius 2 is 1.89 bits per heavy atom. The molecule has 4 heteroatoms. The molecule has 0 atom stereocenters. The van der Waals surface area contributed by atoms with E-state index in [0.29, 0.717) is 0 Å². The van der Waals surface area contributed by atoms with Gasteiger partial charge in [-0.2, -0.15) is 0 Å². The summed E-state index contributed by atoms with van der Waals surface area (Å²) in [5, 5.41) is 0.996. The second-order valence-electron chi connectivity index (χ2n) is 4.48. The van der Waals surface area contributed by atoms with E-state index in [0.717, 1.165) is 33.6 Å². The molecule has 0 aliphatic rings. The van der Waals surface area contributed by atoms with Crippen LogP contribution in [0.4, 0.5) is 5.69 Å². The zero-order valence-electron chi connectivity index (χ0n) is 10.9. The second kappa shape index (κ2) is 4.31. The van der Waals surface area contributed by atoms with Gasteiger partial charge >= 0.3 is 0 Å². The van der Waals surface area contributed by atoms with Gasteiger partial charge < -0.3 is 15.0 Å². The standard InChI is InChI=1S/C15H15N3O/c1-18-9-13(16)14-12(7-8-17-15(14)18)10-3-5-11(19-2)6-4-10/h3-9H,16H2,1-2H3. The molecule has 0 fully saturated rings. The molecule has 1 aromatic carbocycles. The van der Waals surface area contributed by atoms with Crippen molar-refractivity contribution in [3.63, 3.8) is 0 Å². The molecule has 3 aromatic rings. The molecule has 0 saturated carbocycles. The van der Waals surface area contributed by atoms with Crippen molar-refractivity contribution in [1.82, 2.24) is 9.55 Å². The first-order chi connectivity index (χ1) is 9.20. The van der Waals surface area contributed by atoms with E-state index < -0.39 is 0 Å². The van der Waals surface area contributed by atoms with Gasteiger partial charge in [0.15, 0.2) is 0 Å². The highest BCUT2D eigenvalue weighted by atomic mass is 16.5. The molecule has 0 aliphatic carbocycles. The third kappa shape index (κ3) is 1.81. The van der Waals surface area contributed by atoms with Gasteiger partial charge in [-0.1, -0.05) is 12.1 Å². The topological polar surface area (TPSA) is 53.1 Å². The smallest absolute Gasteiger partial charge is 0.142 e. The summed E-state index contributed by atoms with van der Waals surface area (Å²) in [7, 11) is 3.61. The summed E-state index contributed by atoms with van der Waals surface area (Å²) in [5.74, 6) is 0.843. The van der Waals surface area contributed by atoms with Crippen LogP contribution in [0.2, 0.25) is 0 Å². The van der Waals surface area contributed by atoms with Gasteiger partial charge in [0.2, 0.25) is 0 Å². The van der Waals surface area contributed by atoms with E-state index in [9.17, 15) is 0 Å². The molecular weight excluding hydrogens is 238 g/mol. The van der Waals surface area contributed by atoms with Crippen molar-refractivity contribution in [1.29, 1.82) is 0 Å². The number of hydrogen-bond acceptors (Lipinski definition) is 3. The van der Waals surface area contributed by atoms with Crippen molar-refractivity contribution in [2.24, 2.45) is 7.05 Å². The lowest BCUT2D eigenvalue weighted by atomic mass is 10.0. The van der Waals surface area contributed by atoms with Gasteiger partial charge in [-0.15, -0.1) is 0 Å². The maximum absolute atomic E-state index is 6.09. The van der Waals surface area contributed by atoms with E-state index in [4.69, 9.17) is 10.5 Å². The molecule has 19 heavy (non-hydrogen) atoms. The zero-order chi connectivity index (χ0) is 13.4. The number of ether oxygens (including phenoxy) is 1. The third-order valence-electron chi connectivity index (χ3n) is 3.29. The van der Waals surface area contributed by atoms with Crippen molar-refractivity contribution in [2.75, 3.05) is 12.8 Å². The highest BCUT2D eigenvalue weighted by molar-refractivity contribution is 6.01. The Balaban J connectivity index is 2.24. The SMILES string of the molecule is COc1ccc(-c2ccnc3c2c(N)cn3C)cc1. The monoisotopic (exact) mass is 253 g/mol. The number of anilines is 1. The van der Waals surface area contributed by atoms with E-state index in [1.54, 1.807) is 13.3 Å². The fourth-order valence-electron chi connectivity index (χ4n) is 2.35. The number of nitrogens with two attached hydrogens (primary N) is 1. The van der Waals surface area contributed by atoms with Gasteiger partial charge in [0.05, 0.1) is 12.8 Å². The van der Waals surface area contributed by atoms with Gasteiger partial charge in [-0.05, 0) is 29.3 Å². The fraction of sp³-hybridized carbons (Fsp3) is 0.133. The Morgan fingerprint density at radius 3 is 2.58 bits per heavy atom. The summed E-state index contributed by atoms with van der Waals surface area (Å²) in [6, 6.07) is 9.93. The molecule has 0 saturated heterocycles. The molecule has 0 amide bonds. The number of rotatable bonds is 2. The Morgan fingerprint density at radius 1 is 1.16 bits per heavy atom. The highest BCUT2D eigenvalue weighted by Crippen LogP contribution is 2.33. The minimum atomic E-state index is 0.747. The summed E-state index contributed by atoms with van der Waals surface area (Å²) in [6.45, 7) is 0. The maximum atomic E-state index is 6.09. The number of fused-ring (bicyclic) bond motifs is 1. The Hall–Kier alpha value is -2.49. The average Bonchev–Trinajstić information content (AvgIpc) is 2.74. The molecule has 0 aliphatic heterocycles. The van der Waals surface area contributed by atoms with E-state index >= 15 is 0 Å². The van der Waals surface area contributed by atoms with Gasteiger partial charge in [-0.25, -0.2) is 4.98 Å². The quantitative estimate of drug-likeness (QED) is 0.764. The Labute approximate surface area is 111 Å². The molecule has 2 heterocycles. The van der Waals surface area contributed by atoms with Gasteiger partial charge in [0, 0.05) is 24.8 Å². The molecule has 3 rings (SSSR count). The summed E-state index contributed by atoms with van der Waals surface area (Å²) in [6.07, 6.45) is 3.70. The van der Waals surface area contributed by atoms with Crippen LogP contribution in [-0.2, 0) is 7.05 Å². The first kappa shape index (κ1) is 11.6. The Bertz CT molecular complexity index is 729. The van der Waals surface area contributed by atoms with Crippen LogP contribution in [-0.4, -0.2) is 16.7 Å². The Kier molecular flexibility index (Phi) is 2.63. The summed E-state index contributed by atoms with van der Waals surface area (Å²) in [4.78, 5) is 4.38. The van der Waals surface area contributed by atoms with Gasteiger partial charge in [0.25, 0.3) is 0 Å². The molecule has 0 bridgehead atoms. The first-order valence-electron chi connectivity index (χ1n) is 6.04. The highest BCUT2D eigenvalue weighted by Gasteiger charge is 2.11. The number of nitrogens with zero attached hydrogens (tertiary/aromatic N) is 2. The molecule has 96 valence electrons. The lowest BCUT2D eigenvalue weighted by molar-refractivity contribution is 0.415. The van der Waals surface area contributed by atoms with Crippen LogP contribution < -0.4 is 10.5 Å². The predicted molar refractivity (Wildman–Crippen MR) is 77.1 cm³/mol. The summed E-state index contributed by atoms with van der Waals surface area (Å²) >= 11 is 0. The van der Waals surface area contributed by atoms with Crippen molar-refractivity contribution in [2.45, 2.75) is 0 Å². The van der Waals surface area contributed by atoms with Crippen molar-refractivity contribution in [3.8, 4) is 16.9 Å². The van der Waals surface area contributed by atoms with Crippen LogP contribution in [0.1, 0.15) is 0 Å². The largest absolute Gasteiger partial charge is 0.497 e. The van der Waals surface area contributed by atoms with Crippen molar-refractivity contribution < 1.29 is 4.74 Å². The number of methoxy groups -OCH3 is 1. The summed E-state index contributed by atoms with van der Waals surface area (Å²) < 4.78 is 7.12. The van der Waals surface area contributed by atoms with E-state index in [1.165, 1.54) is 0 Å². The molecule has 2 aromatic heterocycles. The van der Waals surface area contributed by atoms with Gasteiger partial charge in [0.1, 0.15) is 11.4 Å². The van der Waals surface area contributed by atoms with Crippen molar-refractivity contribution in [3.05, 3.63) is 42.7 Å². The van der Waals surface area contributed by atoms with E-state index in [-0.39, 0.29) is 0 Å². The lowest BCUT2D eigenvalue weighted by Crippen LogP contribution is -1.89. The molecule has 0 spiro atoms. The fourth-order valence-corrected chi connectivity index (χ4v) is 2.35. The molecule has 4 nitrogen and oxygen atoms in total. The zero-order valence-corrected chi connectivity index (χ0v) is 10.9. The number of aromatic nitrogens is 2. The normalized spacial score (nSPS) is 10.8. The summed E-state index contributed by atoms with van der Waals surface area (Å²) in [5.41, 5.74) is 9.92. The number of hydrogen-bond donors (Lipinski definition) is 1. The third-order valence-corrected chi connectivity index (χ3v) is 3.29. The number of aryl methyl sites for hydroxylation is 1. The average molecular weight is 253 g/mol. The van der Waals surface area contributed by atoms with Crippen molar-refractivity contribution >= 4 is 16.7 Å². The predicted octanol–water partition coefficient (Wildman–Crippen LogP) is 2.83. The minimum Gasteiger partial charge on any atom is -0.497 e. The van der Waals surface area contributed by atoms with Crippen LogP contribution in [0.5, 0.6) is 5.75 Å². The number of benzene rings is 1. The molecule has 0 radical (unpaired) electrons.